The number of aliphatic imine (C=N–C) groups is 1. The van der Waals surface area contributed by atoms with Gasteiger partial charge >= 0.3 is 0 Å². The second kappa shape index (κ2) is 7.87. The Labute approximate surface area is 124 Å². The highest BCUT2D eigenvalue weighted by Gasteiger charge is 2.21. The Hall–Kier alpha value is -0.770. The van der Waals surface area contributed by atoms with E-state index in [1.165, 1.54) is 51.6 Å². The molecule has 2 rings (SSSR count). The van der Waals surface area contributed by atoms with Gasteiger partial charge < -0.3 is 15.5 Å². The van der Waals surface area contributed by atoms with Gasteiger partial charge in [-0.1, -0.05) is 19.8 Å². The highest BCUT2D eigenvalue weighted by atomic mass is 15.2. The van der Waals surface area contributed by atoms with Crippen molar-refractivity contribution in [3.8, 4) is 0 Å². The van der Waals surface area contributed by atoms with Crippen LogP contribution in [0.2, 0.25) is 0 Å². The lowest BCUT2D eigenvalue weighted by Crippen LogP contribution is -2.47. The monoisotopic (exact) mass is 280 g/mol. The van der Waals surface area contributed by atoms with Gasteiger partial charge in [0, 0.05) is 26.2 Å². The summed E-state index contributed by atoms with van der Waals surface area (Å²) in [5, 5.41) is 7.15. The third kappa shape index (κ3) is 4.97. The van der Waals surface area contributed by atoms with E-state index in [0.717, 1.165) is 24.3 Å². The van der Waals surface area contributed by atoms with Gasteiger partial charge in [0.05, 0.1) is 0 Å². The summed E-state index contributed by atoms with van der Waals surface area (Å²) in [4.78, 5) is 6.83. The molecule has 3 unspecified atom stereocenters. The van der Waals surface area contributed by atoms with Gasteiger partial charge in [0.25, 0.3) is 0 Å². The fourth-order valence-electron chi connectivity index (χ4n) is 3.63. The molecule has 1 aliphatic carbocycles. The molecule has 1 saturated heterocycles. The van der Waals surface area contributed by atoms with Crippen LogP contribution in [0.15, 0.2) is 4.99 Å². The standard InChI is InChI=1S/C16H32N4/c1-13-6-4-8-15(10-13)19-16(17-2)18-11-14-7-5-9-20(3)12-14/h13-15H,4-12H2,1-3H3,(H2,17,18,19). The van der Waals surface area contributed by atoms with Gasteiger partial charge in [-0.05, 0) is 51.1 Å². The Bertz CT molecular complexity index is 316. The van der Waals surface area contributed by atoms with Crippen LogP contribution in [0.1, 0.15) is 45.4 Å². The van der Waals surface area contributed by atoms with E-state index < -0.39 is 0 Å². The first-order valence-corrected chi connectivity index (χ1v) is 8.33. The molecule has 3 atom stereocenters. The van der Waals surface area contributed by atoms with E-state index in [2.05, 4.69) is 34.5 Å². The number of rotatable bonds is 3. The molecule has 0 bridgehead atoms. The van der Waals surface area contributed by atoms with Crippen molar-refractivity contribution in [2.45, 2.75) is 51.5 Å². The Kier molecular flexibility index (Phi) is 6.14. The number of hydrogen-bond acceptors (Lipinski definition) is 2. The first-order chi connectivity index (χ1) is 9.67. The van der Waals surface area contributed by atoms with E-state index in [1.807, 2.05) is 7.05 Å². The van der Waals surface area contributed by atoms with E-state index in [-0.39, 0.29) is 0 Å². The summed E-state index contributed by atoms with van der Waals surface area (Å²) in [7, 11) is 4.11. The normalized spacial score (nSPS) is 33.0. The van der Waals surface area contributed by atoms with Crippen LogP contribution in [0.5, 0.6) is 0 Å². The van der Waals surface area contributed by atoms with Crippen LogP contribution in [0, 0.1) is 11.8 Å². The smallest absolute Gasteiger partial charge is 0.191 e. The molecule has 0 aromatic carbocycles. The molecular weight excluding hydrogens is 248 g/mol. The van der Waals surface area contributed by atoms with Gasteiger partial charge in [0.15, 0.2) is 5.96 Å². The van der Waals surface area contributed by atoms with Crippen LogP contribution in [0.25, 0.3) is 0 Å². The van der Waals surface area contributed by atoms with Crippen LogP contribution in [-0.2, 0) is 0 Å². The molecule has 0 radical (unpaired) electrons. The van der Waals surface area contributed by atoms with Crippen molar-refractivity contribution < 1.29 is 0 Å². The van der Waals surface area contributed by atoms with Gasteiger partial charge in [-0.25, -0.2) is 0 Å². The van der Waals surface area contributed by atoms with Gasteiger partial charge in [-0.3, -0.25) is 4.99 Å². The first-order valence-electron chi connectivity index (χ1n) is 8.33. The Morgan fingerprint density at radius 1 is 1.25 bits per heavy atom. The zero-order valence-corrected chi connectivity index (χ0v) is 13.5. The third-order valence-corrected chi connectivity index (χ3v) is 4.78. The maximum atomic E-state index is 4.39. The van der Waals surface area contributed by atoms with Crippen molar-refractivity contribution in [3.63, 3.8) is 0 Å². The van der Waals surface area contributed by atoms with E-state index in [0.29, 0.717) is 6.04 Å². The fourth-order valence-corrected chi connectivity index (χ4v) is 3.63. The third-order valence-electron chi connectivity index (χ3n) is 4.78. The average molecular weight is 280 g/mol. The van der Waals surface area contributed by atoms with Crippen molar-refractivity contribution in [1.29, 1.82) is 0 Å². The summed E-state index contributed by atoms with van der Waals surface area (Å²) in [6.07, 6.45) is 7.98. The quantitative estimate of drug-likeness (QED) is 0.614. The number of nitrogens with one attached hydrogen (secondary N) is 2. The maximum absolute atomic E-state index is 4.39. The van der Waals surface area contributed by atoms with Crippen LogP contribution in [0.3, 0.4) is 0 Å². The molecule has 4 nitrogen and oxygen atoms in total. The van der Waals surface area contributed by atoms with Crippen molar-refractivity contribution >= 4 is 5.96 Å². The summed E-state index contributed by atoms with van der Waals surface area (Å²) in [6, 6.07) is 0.610. The Morgan fingerprint density at radius 2 is 2.10 bits per heavy atom. The molecule has 0 aromatic heterocycles. The Morgan fingerprint density at radius 3 is 2.80 bits per heavy atom. The number of piperidine rings is 1. The van der Waals surface area contributed by atoms with Gasteiger partial charge in [0.1, 0.15) is 0 Å². The van der Waals surface area contributed by atoms with E-state index in [9.17, 15) is 0 Å². The number of hydrogen-bond donors (Lipinski definition) is 2. The molecule has 1 aliphatic heterocycles. The largest absolute Gasteiger partial charge is 0.356 e. The van der Waals surface area contributed by atoms with Crippen LogP contribution in [-0.4, -0.2) is 50.6 Å². The van der Waals surface area contributed by atoms with Crippen LogP contribution in [0.4, 0.5) is 0 Å². The molecule has 2 N–H and O–H groups in total. The Balaban J connectivity index is 1.72. The second-order valence-corrected chi connectivity index (χ2v) is 6.84. The second-order valence-electron chi connectivity index (χ2n) is 6.84. The molecular formula is C16H32N4. The van der Waals surface area contributed by atoms with Gasteiger partial charge in [-0.2, -0.15) is 0 Å². The summed E-state index contributed by atoms with van der Waals surface area (Å²) >= 11 is 0. The molecule has 20 heavy (non-hydrogen) atoms. The molecule has 0 aromatic rings. The average Bonchev–Trinajstić information content (AvgIpc) is 2.43. The highest BCUT2D eigenvalue weighted by molar-refractivity contribution is 5.79. The molecule has 2 fully saturated rings. The lowest BCUT2D eigenvalue weighted by molar-refractivity contribution is 0.210. The van der Waals surface area contributed by atoms with Gasteiger partial charge in [0.2, 0.25) is 0 Å². The minimum atomic E-state index is 0.610. The number of guanidine groups is 1. The molecule has 0 amide bonds. The topological polar surface area (TPSA) is 39.7 Å². The first kappa shape index (κ1) is 15.6. The zero-order valence-electron chi connectivity index (χ0n) is 13.5. The minimum Gasteiger partial charge on any atom is -0.356 e. The molecule has 0 spiro atoms. The summed E-state index contributed by atoms with van der Waals surface area (Å²) in [5.41, 5.74) is 0. The van der Waals surface area contributed by atoms with Gasteiger partial charge in [-0.15, -0.1) is 0 Å². The van der Waals surface area contributed by atoms with E-state index in [1.54, 1.807) is 0 Å². The van der Waals surface area contributed by atoms with Crippen LogP contribution < -0.4 is 10.6 Å². The zero-order chi connectivity index (χ0) is 14.4. The molecule has 1 heterocycles. The predicted octanol–water partition coefficient (Wildman–Crippen LogP) is 2.07. The molecule has 2 aliphatic rings. The fraction of sp³-hybridized carbons (Fsp3) is 0.938. The molecule has 116 valence electrons. The minimum absolute atomic E-state index is 0.610. The lowest BCUT2D eigenvalue weighted by atomic mass is 9.87. The van der Waals surface area contributed by atoms with Crippen molar-refractivity contribution in [2.24, 2.45) is 16.8 Å². The highest BCUT2D eigenvalue weighted by Crippen LogP contribution is 2.23. The van der Waals surface area contributed by atoms with E-state index in [4.69, 9.17) is 0 Å². The predicted molar refractivity (Wildman–Crippen MR) is 86.1 cm³/mol. The summed E-state index contributed by atoms with van der Waals surface area (Å²) < 4.78 is 0. The van der Waals surface area contributed by atoms with Crippen molar-refractivity contribution in [1.82, 2.24) is 15.5 Å². The lowest BCUT2D eigenvalue weighted by Gasteiger charge is -2.31. The molecule has 4 heteroatoms. The van der Waals surface area contributed by atoms with E-state index >= 15 is 0 Å². The number of nitrogens with zero attached hydrogens (tertiary/aromatic N) is 2. The number of likely N-dealkylation sites (tertiary alicyclic amines) is 1. The summed E-state index contributed by atoms with van der Waals surface area (Å²) in [5.74, 6) is 2.61. The van der Waals surface area contributed by atoms with Crippen molar-refractivity contribution in [2.75, 3.05) is 33.7 Å². The summed E-state index contributed by atoms with van der Waals surface area (Å²) in [6.45, 7) is 5.88. The van der Waals surface area contributed by atoms with Crippen molar-refractivity contribution in [3.05, 3.63) is 0 Å². The SMILES string of the molecule is CN=C(NCC1CCCN(C)C1)NC1CCCC(C)C1. The van der Waals surface area contributed by atoms with Crippen LogP contribution >= 0.6 is 0 Å². The molecule has 1 saturated carbocycles. The maximum Gasteiger partial charge on any atom is 0.191 e.